The van der Waals surface area contributed by atoms with Gasteiger partial charge in [-0.05, 0) is 59.7 Å². The summed E-state index contributed by atoms with van der Waals surface area (Å²) in [5, 5.41) is 46.6. The van der Waals surface area contributed by atoms with Gasteiger partial charge in [0.1, 0.15) is 34.8 Å². The van der Waals surface area contributed by atoms with E-state index in [9.17, 15) is 39.6 Å². The van der Waals surface area contributed by atoms with Gasteiger partial charge in [0.25, 0.3) is 0 Å². The quantitative estimate of drug-likeness (QED) is 0.0953. The van der Waals surface area contributed by atoms with Crippen LogP contribution in [-0.4, -0.2) is 66.4 Å². The highest BCUT2D eigenvalue weighted by Gasteiger charge is 2.25. The van der Waals surface area contributed by atoms with Crippen molar-refractivity contribution >= 4 is 80.5 Å². The number of hydrogen-bond acceptors (Lipinski definition) is 8. The SMILES string of the molecule is O=C(O)c1cc2cc(Cl)ccc2nc1NC(Cc1cccc(CC(Nc2nc3ccc(Cl)cc3cc2C(=O)O)C(=O)O)c1)C(=O)O. The number of pyridine rings is 2. The molecule has 0 aliphatic heterocycles. The van der Waals surface area contributed by atoms with Crippen molar-refractivity contribution in [2.45, 2.75) is 24.9 Å². The zero-order valence-corrected chi connectivity index (χ0v) is 25.1. The van der Waals surface area contributed by atoms with E-state index in [2.05, 4.69) is 20.6 Å². The molecular weight excluding hydrogens is 639 g/mol. The number of carboxylic acids is 4. The second-order valence-electron chi connectivity index (χ2n) is 10.4. The molecule has 0 aliphatic rings. The van der Waals surface area contributed by atoms with Gasteiger partial charge in [0.05, 0.1) is 11.0 Å². The molecule has 3 aromatic carbocycles. The second-order valence-corrected chi connectivity index (χ2v) is 11.2. The van der Waals surface area contributed by atoms with Crippen LogP contribution in [0.5, 0.6) is 0 Å². The van der Waals surface area contributed by atoms with E-state index in [1.54, 1.807) is 60.7 Å². The predicted molar refractivity (Wildman–Crippen MR) is 171 cm³/mol. The molecule has 0 amide bonds. The number of nitrogens with one attached hydrogen (secondary N) is 2. The lowest BCUT2D eigenvalue weighted by Gasteiger charge is -2.19. The largest absolute Gasteiger partial charge is 0.480 e. The van der Waals surface area contributed by atoms with Gasteiger partial charge < -0.3 is 31.1 Å². The fraction of sp³-hybridized carbons (Fsp3) is 0.125. The summed E-state index contributed by atoms with van der Waals surface area (Å²) in [4.78, 5) is 57.1. The molecule has 5 rings (SSSR count). The Kier molecular flexibility index (Phi) is 9.21. The molecule has 2 aromatic heterocycles. The first-order valence-corrected chi connectivity index (χ1v) is 14.4. The van der Waals surface area contributed by atoms with E-state index in [0.29, 0.717) is 43.0 Å². The van der Waals surface area contributed by atoms with Gasteiger partial charge in [-0.25, -0.2) is 29.1 Å². The number of fused-ring (bicyclic) bond motifs is 2. The molecule has 6 N–H and O–H groups in total. The van der Waals surface area contributed by atoms with Gasteiger partial charge in [-0.1, -0.05) is 47.5 Å². The van der Waals surface area contributed by atoms with Gasteiger partial charge in [-0.3, -0.25) is 0 Å². The first kappa shape index (κ1) is 31.9. The van der Waals surface area contributed by atoms with Gasteiger partial charge in [0.2, 0.25) is 0 Å². The van der Waals surface area contributed by atoms with Crippen molar-refractivity contribution in [2.75, 3.05) is 10.6 Å². The maximum atomic E-state index is 12.2. The van der Waals surface area contributed by atoms with Crippen molar-refractivity contribution in [2.24, 2.45) is 0 Å². The minimum Gasteiger partial charge on any atom is -0.480 e. The Bertz CT molecular complexity index is 1900. The molecule has 2 unspecified atom stereocenters. The number of hydrogen-bond donors (Lipinski definition) is 6. The van der Waals surface area contributed by atoms with Gasteiger partial charge in [-0.15, -0.1) is 0 Å². The third-order valence-corrected chi connectivity index (χ3v) is 7.57. The molecule has 14 heteroatoms. The van der Waals surface area contributed by atoms with Crippen LogP contribution in [0.3, 0.4) is 0 Å². The number of carboxylic acid groups (broad SMARTS) is 4. The Morgan fingerprint density at radius 2 is 1.02 bits per heavy atom. The Balaban J connectivity index is 1.38. The van der Waals surface area contributed by atoms with Crippen LogP contribution in [0.15, 0.2) is 72.8 Å². The van der Waals surface area contributed by atoms with Crippen molar-refractivity contribution in [3.05, 3.63) is 105 Å². The number of benzene rings is 3. The number of halogens is 2. The van der Waals surface area contributed by atoms with Crippen LogP contribution in [0.25, 0.3) is 21.8 Å². The summed E-state index contributed by atoms with van der Waals surface area (Å²) in [5.41, 5.74) is 1.36. The maximum absolute atomic E-state index is 12.2. The van der Waals surface area contributed by atoms with Crippen LogP contribution in [-0.2, 0) is 22.4 Å². The maximum Gasteiger partial charge on any atom is 0.339 e. The van der Waals surface area contributed by atoms with Crippen molar-refractivity contribution in [3.8, 4) is 0 Å². The van der Waals surface area contributed by atoms with Crippen molar-refractivity contribution in [3.63, 3.8) is 0 Å². The molecule has 2 heterocycles. The molecule has 0 saturated heterocycles. The molecule has 0 radical (unpaired) electrons. The van der Waals surface area contributed by atoms with E-state index in [0.717, 1.165) is 0 Å². The van der Waals surface area contributed by atoms with E-state index in [-0.39, 0.29) is 35.6 Å². The minimum absolute atomic E-state index is 0.105. The lowest BCUT2D eigenvalue weighted by atomic mass is 9.99. The van der Waals surface area contributed by atoms with Crippen molar-refractivity contribution in [1.82, 2.24) is 9.97 Å². The highest BCUT2D eigenvalue weighted by Crippen LogP contribution is 2.26. The van der Waals surface area contributed by atoms with Crippen LogP contribution in [0, 0.1) is 0 Å². The number of aliphatic carboxylic acids is 2. The van der Waals surface area contributed by atoms with Crippen LogP contribution in [0.1, 0.15) is 31.8 Å². The summed E-state index contributed by atoms with van der Waals surface area (Å²) in [6.07, 6.45) is -0.211. The fourth-order valence-corrected chi connectivity index (χ4v) is 5.29. The third-order valence-electron chi connectivity index (χ3n) is 7.10. The van der Waals surface area contributed by atoms with Crippen molar-refractivity contribution in [1.29, 1.82) is 0 Å². The van der Waals surface area contributed by atoms with Gasteiger partial charge in [-0.2, -0.15) is 0 Å². The summed E-state index contributed by atoms with van der Waals surface area (Å²) in [6, 6.07) is 16.1. The average Bonchev–Trinajstić information content (AvgIpc) is 2.99. The number of rotatable bonds is 12. The van der Waals surface area contributed by atoms with Crippen molar-refractivity contribution < 1.29 is 39.6 Å². The van der Waals surface area contributed by atoms with E-state index in [4.69, 9.17) is 23.2 Å². The number of carbonyl (C=O) groups is 4. The molecule has 12 nitrogen and oxygen atoms in total. The minimum atomic E-state index is -1.31. The Morgan fingerprint density at radius 1 is 0.609 bits per heavy atom. The summed E-state index contributed by atoms with van der Waals surface area (Å²) >= 11 is 12.0. The molecule has 5 aromatic rings. The first-order valence-electron chi connectivity index (χ1n) is 13.6. The van der Waals surface area contributed by atoms with Crippen LogP contribution in [0.4, 0.5) is 11.6 Å². The van der Waals surface area contributed by atoms with Crippen LogP contribution >= 0.6 is 23.2 Å². The number of aromatic carboxylic acids is 2. The fourth-order valence-electron chi connectivity index (χ4n) is 4.93. The highest BCUT2D eigenvalue weighted by molar-refractivity contribution is 6.31. The van der Waals surface area contributed by atoms with E-state index < -0.39 is 36.0 Å². The highest BCUT2D eigenvalue weighted by atomic mass is 35.5. The number of nitrogens with zero attached hydrogens (tertiary/aromatic N) is 2. The Morgan fingerprint density at radius 3 is 1.39 bits per heavy atom. The molecule has 2 atom stereocenters. The normalized spacial score (nSPS) is 12.4. The average molecular weight is 663 g/mol. The molecule has 0 aliphatic carbocycles. The molecule has 0 spiro atoms. The van der Waals surface area contributed by atoms with Crippen LogP contribution < -0.4 is 10.6 Å². The molecule has 0 saturated carbocycles. The van der Waals surface area contributed by atoms with E-state index >= 15 is 0 Å². The molecular formula is C32H24Cl2N4O8. The summed E-state index contributed by atoms with van der Waals surface area (Å²) in [7, 11) is 0. The van der Waals surface area contributed by atoms with Gasteiger partial charge in [0, 0.05) is 33.7 Å². The van der Waals surface area contributed by atoms with Crippen LogP contribution in [0.2, 0.25) is 10.0 Å². The topological polar surface area (TPSA) is 199 Å². The summed E-state index contributed by atoms with van der Waals surface area (Å²) in [5.74, 6) is -5.44. The zero-order chi connectivity index (χ0) is 33.1. The first-order chi connectivity index (χ1) is 21.9. The molecule has 234 valence electrons. The molecule has 0 bridgehead atoms. The molecule has 46 heavy (non-hydrogen) atoms. The summed E-state index contributed by atoms with van der Waals surface area (Å²) in [6.45, 7) is 0. The van der Waals surface area contributed by atoms with E-state index in [1.165, 1.54) is 12.1 Å². The Hall–Kier alpha value is -5.46. The van der Waals surface area contributed by atoms with Gasteiger partial charge in [0.15, 0.2) is 0 Å². The lowest BCUT2D eigenvalue weighted by Crippen LogP contribution is -2.33. The molecule has 0 fully saturated rings. The zero-order valence-electron chi connectivity index (χ0n) is 23.6. The smallest absolute Gasteiger partial charge is 0.339 e. The van der Waals surface area contributed by atoms with Gasteiger partial charge >= 0.3 is 23.9 Å². The third kappa shape index (κ3) is 7.25. The summed E-state index contributed by atoms with van der Waals surface area (Å²) < 4.78 is 0. The monoisotopic (exact) mass is 662 g/mol. The number of anilines is 2. The second kappa shape index (κ2) is 13.3. The lowest BCUT2D eigenvalue weighted by molar-refractivity contribution is -0.138. The Labute approximate surface area is 270 Å². The predicted octanol–water partition coefficient (Wildman–Crippen LogP) is 5.70. The standard InChI is InChI=1S/C32H24Cl2N4O8/c33-19-4-6-23-17(11-19)13-21(29(39)40)27(35-23)37-25(31(43)44)9-15-2-1-3-16(8-15)10-26(32(45)46)38-28-22(30(41)42)14-18-12-20(34)5-7-24(18)36-28/h1-8,11-14,25-26H,9-10H2,(H,35,37)(H,36,38)(H,39,40)(H,41,42)(H,43,44)(H,45,46). The number of aromatic nitrogens is 2. The van der Waals surface area contributed by atoms with E-state index in [1.807, 2.05) is 0 Å².